The zero-order valence-electron chi connectivity index (χ0n) is 10.3. The molecule has 17 heavy (non-hydrogen) atoms. The quantitative estimate of drug-likeness (QED) is 0.784. The van der Waals surface area contributed by atoms with Gasteiger partial charge in [-0.3, -0.25) is 0 Å². The molecule has 1 saturated carbocycles. The van der Waals surface area contributed by atoms with Crippen LogP contribution in [0.15, 0.2) is 24.3 Å². The zero-order chi connectivity index (χ0) is 12.1. The molecule has 0 spiro atoms. The molecule has 1 aromatic carbocycles. The molecule has 2 rings (SSSR count). The Balaban J connectivity index is 1.88. The predicted molar refractivity (Wildman–Crippen MR) is 69.8 cm³/mol. The summed E-state index contributed by atoms with van der Waals surface area (Å²) in [6.45, 7) is 3.48. The third-order valence-electron chi connectivity index (χ3n) is 3.24. The van der Waals surface area contributed by atoms with Gasteiger partial charge in [0.15, 0.2) is 0 Å². The average molecular weight is 229 g/mol. The first-order valence-electron chi connectivity index (χ1n) is 6.17. The van der Waals surface area contributed by atoms with E-state index in [0.29, 0.717) is 12.6 Å². The van der Waals surface area contributed by atoms with Crippen LogP contribution in [0.1, 0.15) is 25.3 Å². The molecule has 0 saturated heterocycles. The second-order valence-electron chi connectivity index (χ2n) is 4.75. The van der Waals surface area contributed by atoms with E-state index in [1.165, 1.54) is 18.4 Å². The number of hydrogen-bond acceptors (Lipinski definition) is 2. The van der Waals surface area contributed by atoms with E-state index >= 15 is 0 Å². The molecule has 1 aromatic rings. The van der Waals surface area contributed by atoms with Crippen LogP contribution in [-0.4, -0.2) is 12.6 Å². The van der Waals surface area contributed by atoms with E-state index < -0.39 is 0 Å². The van der Waals surface area contributed by atoms with Crippen molar-refractivity contribution in [2.45, 2.75) is 32.4 Å². The molecule has 0 unspecified atom stereocenters. The van der Waals surface area contributed by atoms with Gasteiger partial charge in [-0.15, -0.1) is 6.42 Å². The van der Waals surface area contributed by atoms with E-state index in [2.05, 4.69) is 24.2 Å². The van der Waals surface area contributed by atoms with Crippen molar-refractivity contribution in [3.05, 3.63) is 29.8 Å². The normalized spacial score (nSPS) is 22.6. The van der Waals surface area contributed by atoms with Crippen LogP contribution >= 0.6 is 0 Å². The Morgan fingerprint density at radius 3 is 2.88 bits per heavy atom. The summed E-state index contributed by atoms with van der Waals surface area (Å²) in [6, 6.07) is 8.73. The maximum atomic E-state index is 5.52. The highest BCUT2D eigenvalue weighted by Gasteiger charge is 2.24. The van der Waals surface area contributed by atoms with Gasteiger partial charge in [-0.25, -0.2) is 0 Å². The second kappa shape index (κ2) is 5.75. The lowest BCUT2D eigenvalue weighted by Crippen LogP contribution is -2.39. The lowest BCUT2D eigenvalue weighted by molar-refractivity contribution is 0.239. The van der Waals surface area contributed by atoms with Gasteiger partial charge in [0.1, 0.15) is 12.4 Å². The van der Waals surface area contributed by atoms with Gasteiger partial charge in [0.25, 0.3) is 0 Å². The molecular formula is C15H19NO. The highest BCUT2D eigenvalue weighted by Crippen LogP contribution is 2.27. The van der Waals surface area contributed by atoms with Gasteiger partial charge >= 0.3 is 0 Å². The Morgan fingerprint density at radius 2 is 2.18 bits per heavy atom. The first-order valence-corrected chi connectivity index (χ1v) is 6.17. The Morgan fingerprint density at radius 1 is 1.41 bits per heavy atom. The number of ether oxygens (including phenoxy) is 1. The fourth-order valence-electron chi connectivity index (χ4n) is 2.23. The van der Waals surface area contributed by atoms with Gasteiger partial charge in [-0.1, -0.05) is 31.0 Å². The van der Waals surface area contributed by atoms with E-state index in [1.54, 1.807) is 0 Å². The van der Waals surface area contributed by atoms with E-state index in [-0.39, 0.29) is 0 Å². The molecule has 90 valence electrons. The highest BCUT2D eigenvalue weighted by atomic mass is 16.5. The molecule has 0 bridgehead atoms. The number of nitrogens with one attached hydrogen (secondary N) is 1. The fraction of sp³-hybridized carbons (Fsp3) is 0.467. The molecule has 1 aliphatic carbocycles. The molecule has 1 aliphatic rings. The van der Waals surface area contributed by atoms with Crippen LogP contribution in [0.5, 0.6) is 5.75 Å². The van der Waals surface area contributed by atoms with Crippen LogP contribution in [0.4, 0.5) is 0 Å². The molecular weight excluding hydrogens is 210 g/mol. The average Bonchev–Trinajstić information content (AvgIpc) is 2.31. The zero-order valence-corrected chi connectivity index (χ0v) is 10.3. The molecule has 0 radical (unpaired) electrons. The Labute approximate surface area is 103 Å². The lowest BCUT2D eigenvalue weighted by atomic mass is 9.82. The number of hydrogen-bond donors (Lipinski definition) is 1. The monoisotopic (exact) mass is 229 g/mol. The van der Waals surface area contributed by atoms with Crippen LogP contribution in [0, 0.1) is 18.3 Å². The van der Waals surface area contributed by atoms with Crippen LogP contribution in [0.25, 0.3) is 0 Å². The molecule has 0 aliphatic heterocycles. The van der Waals surface area contributed by atoms with Gasteiger partial charge in [-0.2, -0.15) is 0 Å². The highest BCUT2D eigenvalue weighted by molar-refractivity contribution is 5.33. The first-order chi connectivity index (χ1) is 8.29. The molecule has 2 nitrogen and oxygen atoms in total. The van der Waals surface area contributed by atoms with E-state index in [4.69, 9.17) is 11.2 Å². The first kappa shape index (κ1) is 12.0. The largest absolute Gasteiger partial charge is 0.481 e. The molecule has 0 amide bonds. The van der Waals surface area contributed by atoms with Gasteiger partial charge in [0.2, 0.25) is 0 Å². The maximum Gasteiger partial charge on any atom is 0.148 e. The molecule has 0 atom stereocenters. The molecule has 0 heterocycles. The van der Waals surface area contributed by atoms with Gasteiger partial charge in [0, 0.05) is 18.2 Å². The topological polar surface area (TPSA) is 21.3 Å². The van der Waals surface area contributed by atoms with Crippen molar-refractivity contribution in [2.75, 3.05) is 6.61 Å². The predicted octanol–water partition coefficient (Wildman–Crippen LogP) is 2.59. The minimum Gasteiger partial charge on any atom is -0.481 e. The second-order valence-corrected chi connectivity index (χ2v) is 4.75. The number of benzene rings is 1. The Kier molecular flexibility index (Phi) is 4.06. The Bertz CT molecular complexity index is 402. The summed E-state index contributed by atoms with van der Waals surface area (Å²) in [7, 11) is 0. The third-order valence-corrected chi connectivity index (χ3v) is 3.24. The van der Waals surface area contributed by atoms with Gasteiger partial charge in [-0.05, 0) is 24.8 Å². The lowest BCUT2D eigenvalue weighted by Gasteiger charge is -2.33. The summed E-state index contributed by atoms with van der Waals surface area (Å²) in [5.41, 5.74) is 1.18. The summed E-state index contributed by atoms with van der Waals surface area (Å²) in [6.07, 6.45) is 7.77. The molecule has 2 heteroatoms. The van der Waals surface area contributed by atoms with Crippen LogP contribution in [0.2, 0.25) is 0 Å². The Hall–Kier alpha value is -1.46. The number of rotatable bonds is 5. The van der Waals surface area contributed by atoms with Crippen LogP contribution < -0.4 is 10.1 Å². The van der Waals surface area contributed by atoms with E-state index in [1.807, 2.05) is 18.2 Å². The number of terminal acetylenes is 1. The molecule has 1 fully saturated rings. The van der Waals surface area contributed by atoms with Crippen LogP contribution in [0.3, 0.4) is 0 Å². The van der Waals surface area contributed by atoms with Crippen molar-refractivity contribution in [3.63, 3.8) is 0 Å². The number of para-hydroxylation sites is 1. The summed E-state index contributed by atoms with van der Waals surface area (Å²) < 4.78 is 5.52. The fourth-order valence-corrected chi connectivity index (χ4v) is 2.23. The maximum absolute atomic E-state index is 5.52. The minimum atomic E-state index is 0.331. The smallest absolute Gasteiger partial charge is 0.148 e. The molecule has 1 N–H and O–H groups in total. The van der Waals surface area contributed by atoms with Crippen molar-refractivity contribution in [1.82, 2.24) is 5.32 Å². The summed E-state index contributed by atoms with van der Waals surface area (Å²) in [4.78, 5) is 0. The van der Waals surface area contributed by atoms with E-state index in [0.717, 1.165) is 18.2 Å². The van der Waals surface area contributed by atoms with Crippen molar-refractivity contribution < 1.29 is 4.74 Å². The van der Waals surface area contributed by atoms with E-state index in [9.17, 15) is 0 Å². The van der Waals surface area contributed by atoms with Gasteiger partial charge < -0.3 is 10.1 Å². The van der Waals surface area contributed by atoms with Crippen LogP contribution in [-0.2, 0) is 6.54 Å². The standard InChI is InChI=1S/C15H19NO/c1-3-8-17-15-7-5-4-6-13(15)11-16-14-9-12(2)10-14/h1,4-7,12,14,16H,8-11H2,2H3. The minimum absolute atomic E-state index is 0.331. The van der Waals surface area contributed by atoms with Crippen molar-refractivity contribution >= 4 is 0 Å². The summed E-state index contributed by atoms with van der Waals surface area (Å²) >= 11 is 0. The molecule has 0 aromatic heterocycles. The van der Waals surface area contributed by atoms with Gasteiger partial charge in [0.05, 0.1) is 0 Å². The van der Waals surface area contributed by atoms with Crippen molar-refractivity contribution in [1.29, 1.82) is 0 Å². The third kappa shape index (κ3) is 3.25. The van der Waals surface area contributed by atoms with Crippen molar-refractivity contribution in [2.24, 2.45) is 5.92 Å². The van der Waals surface area contributed by atoms with Crippen molar-refractivity contribution in [3.8, 4) is 18.1 Å². The summed E-state index contributed by atoms with van der Waals surface area (Å²) in [5.74, 6) is 4.26. The summed E-state index contributed by atoms with van der Waals surface area (Å²) in [5, 5.41) is 3.55. The SMILES string of the molecule is C#CCOc1ccccc1CNC1CC(C)C1.